The van der Waals surface area contributed by atoms with Gasteiger partial charge in [0.15, 0.2) is 0 Å². The fourth-order valence-corrected chi connectivity index (χ4v) is 3.07. The average Bonchev–Trinajstić information content (AvgIpc) is 3.04. The van der Waals surface area contributed by atoms with E-state index in [0.29, 0.717) is 0 Å². The summed E-state index contributed by atoms with van der Waals surface area (Å²) in [6.07, 6.45) is 2.53. The average molecular weight is 301 g/mol. The van der Waals surface area contributed by atoms with Crippen molar-refractivity contribution in [1.82, 2.24) is 0 Å². The molecule has 1 saturated heterocycles. The van der Waals surface area contributed by atoms with Crippen LogP contribution in [-0.4, -0.2) is 13.1 Å². The summed E-state index contributed by atoms with van der Waals surface area (Å²) in [4.78, 5) is 2.42. The van der Waals surface area contributed by atoms with Gasteiger partial charge < -0.3 is 10.2 Å². The first-order valence-corrected chi connectivity index (χ1v) is 7.98. The molecule has 1 aliphatic rings. The monoisotopic (exact) mass is 300 g/mol. The van der Waals surface area contributed by atoms with Gasteiger partial charge >= 0.3 is 0 Å². The molecule has 0 aromatic heterocycles. The van der Waals surface area contributed by atoms with E-state index in [0.717, 1.165) is 23.8 Å². The fourth-order valence-electron chi connectivity index (χ4n) is 2.90. The standard InChI is InChI=1S/C18H21ClN2/c1-14(15-7-3-2-4-8-15)20-17-10-9-16(19)13-18(17)21-11-5-6-12-21/h2-4,7-10,13-14,20H,5-6,11-12H2,1H3. The molecule has 2 aromatic carbocycles. The number of rotatable bonds is 4. The third-order valence-corrected chi connectivity index (χ3v) is 4.31. The van der Waals surface area contributed by atoms with Gasteiger partial charge in [0.2, 0.25) is 0 Å². The van der Waals surface area contributed by atoms with E-state index >= 15 is 0 Å². The van der Waals surface area contributed by atoms with E-state index in [1.165, 1.54) is 24.1 Å². The summed E-state index contributed by atoms with van der Waals surface area (Å²) in [7, 11) is 0. The molecule has 1 N–H and O–H groups in total. The molecule has 0 aliphatic carbocycles. The Morgan fingerprint density at radius 1 is 1.05 bits per heavy atom. The highest BCUT2D eigenvalue weighted by Gasteiger charge is 2.17. The van der Waals surface area contributed by atoms with Gasteiger partial charge in [-0.1, -0.05) is 41.9 Å². The SMILES string of the molecule is CC(Nc1ccc(Cl)cc1N1CCCC1)c1ccccc1. The summed E-state index contributed by atoms with van der Waals surface area (Å²) in [5.41, 5.74) is 3.68. The van der Waals surface area contributed by atoms with Gasteiger partial charge in [0.05, 0.1) is 11.4 Å². The largest absolute Gasteiger partial charge is 0.377 e. The van der Waals surface area contributed by atoms with Gasteiger partial charge in [0, 0.05) is 24.2 Å². The predicted octanol–water partition coefficient (Wildman–Crippen LogP) is 5.11. The maximum Gasteiger partial charge on any atom is 0.0617 e. The molecule has 3 heteroatoms. The Morgan fingerprint density at radius 3 is 2.48 bits per heavy atom. The molecule has 3 rings (SSSR count). The molecule has 1 atom stereocenters. The Hall–Kier alpha value is -1.67. The molecule has 1 aliphatic heterocycles. The zero-order valence-electron chi connectivity index (χ0n) is 12.3. The highest BCUT2D eigenvalue weighted by Crippen LogP contribution is 2.33. The summed E-state index contributed by atoms with van der Waals surface area (Å²) >= 11 is 6.19. The van der Waals surface area contributed by atoms with Crippen molar-refractivity contribution in [1.29, 1.82) is 0 Å². The van der Waals surface area contributed by atoms with E-state index in [1.807, 2.05) is 12.1 Å². The second-order valence-corrected chi connectivity index (χ2v) is 6.07. The molecule has 0 amide bonds. The Balaban J connectivity index is 1.84. The first-order valence-electron chi connectivity index (χ1n) is 7.60. The quantitative estimate of drug-likeness (QED) is 0.843. The summed E-state index contributed by atoms with van der Waals surface area (Å²) in [5, 5.41) is 4.43. The van der Waals surface area contributed by atoms with Gasteiger partial charge in [0.25, 0.3) is 0 Å². The van der Waals surface area contributed by atoms with E-state index in [2.05, 4.69) is 53.5 Å². The second kappa shape index (κ2) is 6.40. The van der Waals surface area contributed by atoms with Crippen molar-refractivity contribution in [3.8, 4) is 0 Å². The van der Waals surface area contributed by atoms with Crippen molar-refractivity contribution in [2.45, 2.75) is 25.8 Å². The molecule has 21 heavy (non-hydrogen) atoms. The number of halogens is 1. The van der Waals surface area contributed by atoms with Crippen molar-refractivity contribution in [3.05, 3.63) is 59.1 Å². The number of hydrogen-bond donors (Lipinski definition) is 1. The van der Waals surface area contributed by atoms with Crippen LogP contribution in [0.15, 0.2) is 48.5 Å². The minimum Gasteiger partial charge on any atom is -0.377 e. The van der Waals surface area contributed by atoms with Crippen LogP contribution in [0.4, 0.5) is 11.4 Å². The molecule has 0 spiro atoms. The van der Waals surface area contributed by atoms with Gasteiger partial charge in [-0.3, -0.25) is 0 Å². The van der Waals surface area contributed by atoms with E-state index < -0.39 is 0 Å². The normalized spacial score (nSPS) is 16.0. The van der Waals surface area contributed by atoms with Gasteiger partial charge in [-0.15, -0.1) is 0 Å². The zero-order chi connectivity index (χ0) is 14.7. The summed E-state index contributed by atoms with van der Waals surface area (Å²) in [5.74, 6) is 0. The molecule has 1 heterocycles. The summed E-state index contributed by atoms with van der Waals surface area (Å²) < 4.78 is 0. The van der Waals surface area contributed by atoms with Crippen LogP contribution in [0.1, 0.15) is 31.4 Å². The van der Waals surface area contributed by atoms with Gasteiger partial charge in [-0.2, -0.15) is 0 Å². The molecule has 2 nitrogen and oxygen atoms in total. The number of nitrogens with zero attached hydrogens (tertiary/aromatic N) is 1. The van der Waals surface area contributed by atoms with Crippen LogP contribution in [0.3, 0.4) is 0 Å². The van der Waals surface area contributed by atoms with E-state index in [4.69, 9.17) is 11.6 Å². The van der Waals surface area contributed by atoms with Gasteiger partial charge in [-0.25, -0.2) is 0 Å². The van der Waals surface area contributed by atoms with Crippen molar-refractivity contribution >= 4 is 23.0 Å². The summed E-state index contributed by atoms with van der Waals surface area (Å²) in [6, 6.07) is 16.9. The van der Waals surface area contributed by atoms with Crippen LogP contribution in [0, 0.1) is 0 Å². The molecule has 2 aromatic rings. The van der Waals surface area contributed by atoms with Crippen molar-refractivity contribution < 1.29 is 0 Å². The second-order valence-electron chi connectivity index (χ2n) is 5.63. The molecule has 1 unspecified atom stereocenters. The van der Waals surface area contributed by atoms with Gasteiger partial charge in [0.1, 0.15) is 0 Å². The van der Waals surface area contributed by atoms with Gasteiger partial charge in [-0.05, 0) is 43.5 Å². The van der Waals surface area contributed by atoms with Crippen LogP contribution in [0.2, 0.25) is 5.02 Å². The first-order chi connectivity index (χ1) is 10.2. The molecule has 0 radical (unpaired) electrons. The van der Waals surface area contributed by atoms with Crippen LogP contribution in [0.25, 0.3) is 0 Å². The van der Waals surface area contributed by atoms with Crippen LogP contribution < -0.4 is 10.2 Å². The smallest absolute Gasteiger partial charge is 0.0617 e. The lowest BCUT2D eigenvalue weighted by Gasteiger charge is -2.25. The zero-order valence-corrected chi connectivity index (χ0v) is 13.1. The van der Waals surface area contributed by atoms with E-state index in [-0.39, 0.29) is 6.04 Å². The Kier molecular flexibility index (Phi) is 4.35. The number of anilines is 2. The number of nitrogens with one attached hydrogen (secondary N) is 1. The molecular formula is C18H21ClN2. The van der Waals surface area contributed by atoms with Crippen molar-refractivity contribution in [2.75, 3.05) is 23.3 Å². The number of hydrogen-bond acceptors (Lipinski definition) is 2. The Bertz CT molecular complexity index is 591. The van der Waals surface area contributed by atoms with E-state index in [1.54, 1.807) is 0 Å². The maximum atomic E-state index is 6.19. The predicted molar refractivity (Wildman–Crippen MR) is 91.4 cm³/mol. The van der Waals surface area contributed by atoms with Crippen molar-refractivity contribution in [3.63, 3.8) is 0 Å². The molecule has 1 fully saturated rings. The third-order valence-electron chi connectivity index (χ3n) is 4.08. The minimum atomic E-state index is 0.272. The first kappa shape index (κ1) is 14.3. The molecular weight excluding hydrogens is 280 g/mol. The lowest BCUT2D eigenvalue weighted by molar-refractivity contribution is 0.878. The topological polar surface area (TPSA) is 15.3 Å². The Labute approximate surface area is 131 Å². The fraction of sp³-hybridized carbons (Fsp3) is 0.333. The number of benzene rings is 2. The van der Waals surface area contributed by atoms with Crippen LogP contribution in [-0.2, 0) is 0 Å². The molecule has 0 saturated carbocycles. The third kappa shape index (κ3) is 3.33. The maximum absolute atomic E-state index is 6.19. The molecule has 0 bridgehead atoms. The lowest BCUT2D eigenvalue weighted by Crippen LogP contribution is -2.20. The van der Waals surface area contributed by atoms with Crippen molar-refractivity contribution in [2.24, 2.45) is 0 Å². The molecule has 110 valence electrons. The highest BCUT2D eigenvalue weighted by atomic mass is 35.5. The summed E-state index contributed by atoms with van der Waals surface area (Å²) in [6.45, 7) is 4.43. The lowest BCUT2D eigenvalue weighted by atomic mass is 10.1. The minimum absolute atomic E-state index is 0.272. The van der Waals surface area contributed by atoms with E-state index in [9.17, 15) is 0 Å². The van der Waals surface area contributed by atoms with Crippen LogP contribution >= 0.6 is 11.6 Å². The Morgan fingerprint density at radius 2 is 1.76 bits per heavy atom. The van der Waals surface area contributed by atoms with Crippen LogP contribution in [0.5, 0.6) is 0 Å². The highest BCUT2D eigenvalue weighted by molar-refractivity contribution is 6.31.